The number of aryl methyl sites for hydroxylation is 1. The monoisotopic (exact) mass is 430 g/mol. The highest BCUT2D eigenvalue weighted by Crippen LogP contribution is 2.27. The third-order valence-corrected chi connectivity index (χ3v) is 5.15. The van der Waals surface area contributed by atoms with Crippen LogP contribution in [-0.2, 0) is 21.2 Å². The number of rotatable bonds is 8. The molecular weight excluding hydrogens is 409 g/mol. The van der Waals surface area contributed by atoms with Crippen LogP contribution in [0.2, 0.25) is 0 Å². The summed E-state index contributed by atoms with van der Waals surface area (Å²) < 4.78 is 69.6. The van der Waals surface area contributed by atoms with E-state index in [2.05, 4.69) is 4.72 Å². The van der Waals surface area contributed by atoms with Crippen molar-refractivity contribution in [3.05, 3.63) is 53.6 Å². The van der Waals surface area contributed by atoms with Crippen LogP contribution in [0.1, 0.15) is 18.1 Å². The van der Waals surface area contributed by atoms with Gasteiger partial charge in [0.1, 0.15) is 17.2 Å². The van der Waals surface area contributed by atoms with Gasteiger partial charge in [-0.25, -0.2) is 8.42 Å². The van der Waals surface area contributed by atoms with Gasteiger partial charge in [-0.15, -0.1) is 0 Å². The van der Waals surface area contributed by atoms with E-state index in [0.29, 0.717) is 12.2 Å². The van der Waals surface area contributed by atoms with E-state index >= 15 is 0 Å². The molecule has 0 heterocycles. The molecule has 10 heteroatoms. The molecule has 0 atom stereocenters. The van der Waals surface area contributed by atoms with Gasteiger partial charge in [0.2, 0.25) is 5.91 Å². The number of hydrogen-bond donors (Lipinski definition) is 2. The maximum atomic E-state index is 12.7. The lowest BCUT2D eigenvalue weighted by molar-refractivity contribution is -0.138. The van der Waals surface area contributed by atoms with Crippen LogP contribution in [0.5, 0.6) is 5.75 Å². The number of carbonyl (C=O) groups is 1. The SMILES string of the molecule is CCOc1ccc(C)cc1S(=O)(=O)Nc1ccc(CC(=O)NCC(F)(F)F)cc1. The molecule has 2 rings (SSSR count). The smallest absolute Gasteiger partial charge is 0.405 e. The maximum Gasteiger partial charge on any atom is 0.405 e. The predicted octanol–water partition coefficient (Wildman–Crippen LogP) is 3.42. The highest BCUT2D eigenvalue weighted by molar-refractivity contribution is 7.92. The Kier molecular flexibility index (Phi) is 7.12. The summed E-state index contributed by atoms with van der Waals surface area (Å²) in [6.45, 7) is 2.40. The zero-order valence-electron chi connectivity index (χ0n) is 15.8. The molecule has 2 aromatic rings. The van der Waals surface area contributed by atoms with Crippen LogP contribution in [0.25, 0.3) is 0 Å². The lowest BCUT2D eigenvalue weighted by atomic mass is 10.1. The van der Waals surface area contributed by atoms with Crippen molar-refractivity contribution in [2.24, 2.45) is 0 Å². The number of hydrogen-bond acceptors (Lipinski definition) is 4. The Morgan fingerprint density at radius 2 is 1.76 bits per heavy atom. The minimum absolute atomic E-state index is 0.00467. The standard InChI is InChI=1S/C19H21F3N2O4S/c1-3-28-16-9-4-13(2)10-17(16)29(26,27)24-15-7-5-14(6-8-15)11-18(25)23-12-19(20,21)22/h4-10,24H,3,11-12H2,1-2H3,(H,23,25). The number of halogens is 3. The van der Waals surface area contributed by atoms with Gasteiger partial charge in [-0.3, -0.25) is 9.52 Å². The lowest BCUT2D eigenvalue weighted by Crippen LogP contribution is -2.34. The third-order valence-electron chi connectivity index (χ3n) is 3.75. The average Bonchev–Trinajstić information content (AvgIpc) is 2.62. The lowest BCUT2D eigenvalue weighted by Gasteiger charge is -2.14. The summed E-state index contributed by atoms with van der Waals surface area (Å²) in [5, 5.41) is 1.78. The van der Waals surface area contributed by atoms with Crippen LogP contribution >= 0.6 is 0 Å². The van der Waals surface area contributed by atoms with Crippen LogP contribution < -0.4 is 14.8 Å². The number of anilines is 1. The zero-order chi connectivity index (χ0) is 21.7. The van der Waals surface area contributed by atoms with Crippen molar-refractivity contribution >= 4 is 21.6 Å². The Bertz CT molecular complexity index is 958. The highest BCUT2D eigenvalue weighted by Gasteiger charge is 2.27. The summed E-state index contributed by atoms with van der Waals surface area (Å²) in [6.07, 6.45) is -4.73. The molecule has 0 spiro atoms. The van der Waals surface area contributed by atoms with E-state index in [9.17, 15) is 26.4 Å². The molecule has 0 unspecified atom stereocenters. The Balaban J connectivity index is 2.09. The second-order valence-corrected chi connectivity index (χ2v) is 7.91. The van der Waals surface area contributed by atoms with Crippen LogP contribution in [0.3, 0.4) is 0 Å². The average molecular weight is 430 g/mol. The fourth-order valence-electron chi connectivity index (χ4n) is 2.45. The van der Waals surface area contributed by atoms with Crippen molar-refractivity contribution in [2.75, 3.05) is 17.9 Å². The summed E-state index contributed by atoms with van der Waals surface area (Å²) in [4.78, 5) is 11.5. The molecule has 0 saturated carbocycles. The number of carbonyl (C=O) groups excluding carboxylic acids is 1. The first-order chi connectivity index (χ1) is 13.5. The number of benzene rings is 2. The summed E-state index contributed by atoms with van der Waals surface area (Å²) in [5.74, 6) is -0.555. The Hall–Kier alpha value is -2.75. The molecule has 0 fully saturated rings. The van der Waals surface area contributed by atoms with Gasteiger partial charge in [-0.2, -0.15) is 13.2 Å². The molecular formula is C19H21F3N2O4S. The van der Waals surface area contributed by atoms with Gasteiger partial charge < -0.3 is 10.1 Å². The van der Waals surface area contributed by atoms with Crippen molar-refractivity contribution in [3.8, 4) is 5.75 Å². The molecule has 0 aliphatic rings. The third kappa shape index (κ3) is 6.97. The quantitative estimate of drug-likeness (QED) is 0.672. The molecule has 0 radical (unpaired) electrons. The van der Waals surface area contributed by atoms with E-state index in [4.69, 9.17) is 4.74 Å². The summed E-state index contributed by atoms with van der Waals surface area (Å²) >= 11 is 0. The van der Waals surface area contributed by atoms with Crippen LogP contribution in [0.15, 0.2) is 47.4 Å². The van der Waals surface area contributed by atoms with E-state index in [0.717, 1.165) is 5.56 Å². The molecule has 2 N–H and O–H groups in total. The van der Waals surface area contributed by atoms with Crippen molar-refractivity contribution < 1.29 is 31.1 Å². The number of nitrogens with one attached hydrogen (secondary N) is 2. The van der Waals surface area contributed by atoms with E-state index in [1.807, 2.05) is 0 Å². The topological polar surface area (TPSA) is 84.5 Å². The molecule has 6 nitrogen and oxygen atoms in total. The van der Waals surface area contributed by atoms with Gasteiger partial charge in [0.15, 0.2) is 0 Å². The zero-order valence-corrected chi connectivity index (χ0v) is 16.7. The number of alkyl halides is 3. The Morgan fingerprint density at radius 3 is 2.34 bits per heavy atom. The molecule has 1 amide bonds. The molecule has 0 bridgehead atoms. The molecule has 0 aliphatic carbocycles. The first-order valence-corrected chi connectivity index (χ1v) is 10.2. The van der Waals surface area contributed by atoms with Crippen LogP contribution in [0.4, 0.5) is 18.9 Å². The summed E-state index contributed by atoms with van der Waals surface area (Å²) in [7, 11) is -3.93. The number of ether oxygens (including phenoxy) is 1. The van der Waals surface area contributed by atoms with Crippen LogP contribution in [-0.4, -0.2) is 33.7 Å². The normalized spacial score (nSPS) is 11.8. The van der Waals surface area contributed by atoms with E-state index in [-0.39, 0.29) is 22.8 Å². The first-order valence-electron chi connectivity index (χ1n) is 8.69. The molecule has 158 valence electrons. The molecule has 0 saturated heterocycles. The van der Waals surface area contributed by atoms with Crippen molar-refractivity contribution in [3.63, 3.8) is 0 Å². The van der Waals surface area contributed by atoms with Gasteiger partial charge in [-0.1, -0.05) is 18.2 Å². The summed E-state index contributed by atoms with van der Waals surface area (Å²) in [5.41, 5.74) is 1.43. The fraction of sp³-hybridized carbons (Fsp3) is 0.316. The first kappa shape index (κ1) is 22.5. The van der Waals surface area contributed by atoms with E-state index in [1.165, 1.54) is 30.3 Å². The predicted molar refractivity (Wildman–Crippen MR) is 102 cm³/mol. The molecule has 29 heavy (non-hydrogen) atoms. The minimum atomic E-state index is -4.48. The Labute approximate surface area is 167 Å². The van der Waals surface area contributed by atoms with E-state index in [1.54, 1.807) is 31.3 Å². The van der Waals surface area contributed by atoms with Crippen molar-refractivity contribution in [1.29, 1.82) is 0 Å². The Morgan fingerprint density at radius 1 is 1.10 bits per heavy atom. The minimum Gasteiger partial charge on any atom is -0.492 e. The fourth-order valence-corrected chi connectivity index (χ4v) is 3.74. The molecule has 0 aromatic heterocycles. The maximum absolute atomic E-state index is 12.7. The van der Waals surface area contributed by atoms with Crippen LogP contribution in [0, 0.1) is 6.92 Å². The van der Waals surface area contributed by atoms with Crippen molar-refractivity contribution in [2.45, 2.75) is 31.3 Å². The van der Waals surface area contributed by atoms with Gasteiger partial charge in [-0.05, 0) is 49.2 Å². The second-order valence-electron chi connectivity index (χ2n) is 6.25. The largest absolute Gasteiger partial charge is 0.492 e. The van der Waals surface area contributed by atoms with Gasteiger partial charge in [0.25, 0.3) is 10.0 Å². The second kappa shape index (κ2) is 9.17. The van der Waals surface area contributed by atoms with Gasteiger partial charge >= 0.3 is 6.18 Å². The highest BCUT2D eigenvalue weighted by atomic mass is 32.2. The van der Waals surface area contributed by atoms with E-state index < -0.39 is 28.7 Å². The molecule has 2 aromatic carbocycles. The number of sulfonamides is 1. The summed E-state index contributed by atoms with van der Waals surface area (Å²) in [6, 6.07) is 10.6. The number of amides is 1. The van der Waals surface area contributed by atoms with Crippen molar-refractivity contribution in [1.82, 2.24) is 5.32 Å². The molecule has 0 aliphatic heterocycles. The van der Waals surface area contributed by atoms with Gasteiger partial charge in [0.05, 0.1) is 13.0 Å². The van der Waals surface area contributed by atoms with Gasteiger partial charge in [0, 0.05) is 5.69 Å².